The van der Waals surface area contributed by atoms with Crippen molar-refractivity contribution in [1.29, 1.82) is 0 Å². The van der Waals surface area contributed by atoms with Gasteiger partial charge in [0.05, 0.1) is 11.1 Å². The minimum atomic E-state index is -3.78. The molecule has 0 saturated carbocycles. The van der Waals surface area contributed by atoms with E-state index in [-0.39, 0.29) is 10.6 Å². The maximum atomic E-state index is 12.2. The largest absolute Gasteiger partial charge is 0.411 e. The van der Waals surface area contributed by atoms with Gasteiger partial charge in [0.25, 0.3) is 10.0 Å². The van der Waals surface area contributed by atoms with E-state index in [9.17, 15) is 8.42 Å². The summed E-state index contributed by atoms with van der Waals surface area (Å²) in [6.45, 7) is 1.87. The molecule has 22 heavy (non-hydrogen) atoms. The Morgan fingerprint density at radius 2 is 1.73 bits per heavy atom. The highest BCUT2D eigenvalue weighted by Crippen LogP contribution is 2.10. The van der Waals surface area contributed by atoms with Crippen molar-refractivity contribution in [2.45, 2.75) is 11.8 Å². The molecule has 0 unspecified atom stereocenters. The summed E-state index contributed by atoms with van der Waals surface area (Å²) in [6.07, 6.45) is 1.06. The Labute approximate surface area is 128 Å². The zero-order valence-electron chi connectivity index (χ0n) is 11.8. The number of hydrogen-bond acceptors (Lipinski definition) is 5. The first-order valence-corrected chi connectivity index (χ1v) is 7.90. The van der Waals surface area contributed by atoms with E-state index >= 15 is 0 Å². The average molecular weight is 317 g/mol. The molecular formula is C15H15N3O3S. The average Bonchev–Trinajstić information content (AvgIpc) is 2.53. The summed E-state index contributed by atoms with van der Waals surface area (Å²) >= 11 is 0. The number of benzene rings is 2. The van der Waals surface area contributed by atoms with Crippen LogP contribution in [0.3, 0.4) is 0 Å². The molecule has 0 fully saturated rings. The Morgan fingerprint density at radius 3 is 2.32 bits per heavy atom. The third-order valence-electron chi connectivity index (χ3n) is 2.87. The van der Waals surface area contributed by atoms with Crippen molar-refractivity contribution in [3.8, 4) is 0 Å². The highest BCUT2D eigenvalue weighted by atomic mass is 32.2. The molecule has 0 heterocycles. The highest BCUT2D eigenvalue weighted by molar-refractivity contribution is 7.89. The first-order valence-electron chi connectivity index (χ1n) is 6.42. The van der Waals surface area contributed by atoms with Gasteiger partial charge in [0.2, 0.25) is 0 Å². The van der Waals surface area contributed by atoms with E-state index in [0.717, 1.165) is 11.8 Å². The third kappa shape index (κ3) is 3.92. The summed E-state index contributed by atoms with van der Waals surface area (Å²) in [5.41, 5.74) is 1.77. The summed E-state index contributed by atoms with van der Waals surface area (Å²) in [5, 5.41) is 15.4. The normalized spacial score (nSPS) is 12.5. The van der Waals surface area contributed by atoms with E-state index in [2.05, 4.69) is 15.1 Å². The number of nitrogens with one attached hydrogen (secondary N) is 1. The highest BCUT2D eigenvalue weighted by Gasteiger charge is 2.13. The maximum absolute atomic E-state index is 12.2. The second kappa shape index (κ2) is 6.86. The van der Waals surface area contributed by atoms with Crippen LogP contribution in [0.2, 0.25) is 0 Å². The molecule has 0 aliphatic rings. The number of aryl methyl sites for hydroxylation is 1. The molecule has 6 nitrogen and oxygen atoms in total. The van der Waals surface area contributed by atoms with Crippen molar-refractivity contribution >= 4 is 21.9 Å². The molecule has 0 amide bonds. The molecule has 0 saturated heterocycles. The Balaban J connectivity index is 2.29. The monoisotopic (exact) mass is 317 g/mol. The van der Waals surface area contributed by atoms with Crippen LogP contribution in [0.4, 0.5) is 0 Å². The van der Waals surface area contributed by atoms with Crippen LogP contribution >= 0.6 is 0 Å². The molecule has 0 aliphatic carbocycles. The predicted octanol–water partition coefficient (Wildman–Crippen LogP) is 2.14. The number of hydrazone groups is 1. The van der Waals surface area contributed by atoms with Gasteiger partial charge in [0.1, 0.15) is 5.71 Å². The van der Waals surface area contributed by atoms with E-state index in [0.29, 0.717) is 5.56 Å². The molecule has 0 aromatic heterocycles. The van der Waals surface area contributed by atoms with Crippen LogP contribution in [0.15, 0.2) is 69.7 Å². The van der Waals surface area contributed by atoms with E-state index < -0.39 is 10.0 Å². The molecule has 114 valence electrons. The molecule has 0 aliphatic heterocycles. The second-order valence-corrected chi connectivity index (χ2v) is 6.18. The van der Waals surface area contributed by atoms with Crippen LogP contribution in [0.1, 0.15) is 11.1 Å². The zero-order chi connectivity index (χ0) is 16.0. The lowest BCUT2D eigenvalue weighted by Crippen LogP contribution is -2.21. The van der Waals surface area contributed by atoms with Gasteiger partial charge in [-0.3, -0.25) is 0 Å². The minimum absolute atomic E-state index is 0.107. The van der Waals surface area contributed by atoms with Gasteiger partial charge in [0, 0.05) is 5.56 Å². The molecule has 0 bridgehead atoms. The topological polar surface area (TPSA) is 91.1 Å². The molecule has 2 N–H and O–H groups in total. The molecular weight excluding hydrogens is 302 g/mol. The summed E-state index contributed by atoms with van der Waals surface area (Å²) in [5.74, 6) is 0. The van der Waals surface area contributed by atoms with E-state index in [4.69, 9.17) is 5.21 Å². The van der Waals surface area contributed by atoms with Gasteiger partial charge < -0.3 is 5.21 Å². The lowest BCUT2D eigenvalue weighted by molar-refractivity contribution is 0.322. The summed E-state index contributed by atoms with van der Waals surface area (Å²) in [4.78, 5) is 2.24. The first-order chi connectivity index (χ1) is 10.5. The van der Waals surface area contributed by atoms with Crippen molar-refractivity contribution < 1.29 is 13.6 Å². The number of hydrogen-bond donors (Lipinski definition) is 2. The van der Waals surface area contributed by atoms with Gasteiger partial charge >= 0.3 is 0 Å². The van der Waals surface area contributed by atoms with Crippen LogP contribution in [-0.2, 0) is 10.0 Å². The number of rotatable bonds is 5. The molecule has 2 rings (SSSR count). The van der Waals surface area contributed by atoms with Gasteiger partial charge in [-0.25, -0.2) is 0 Å². The fourth-order valence-corrected chi connectivity index (χ4v) is 2.53. The smallest absolute Gasteiger partial charge is 0.276 e. The Kier molecular flexibility index (Phi) is 4.90. The first kappa shape index (κ1) is 15.7. The number of sulfonamides is 1. The van der Waals surface area contributed by atoms with Crippen LogP contribution in [0, 0.1) is 6.92 Å². The Morgan fingerprint density at radius 1 is 1.09 bits per heavy atom. The van der Waals surface area contributed by atoms with Gasteiger partial charge in [-0.05, 0) is 19.1 Å². The zero-order valence-corrected chi connectivity index (χ0v) is 12.7. The van der Waals surface area contributed by atoms with Gasteiger partial charge in [-0.2, -0.15) is 18.4 Å². The predicted molar refractivity (Wildman–Crippen MR) is 84.8 cm³/mol. The quantitative estimate of drug-likeness (QED) is 0.503. The van der Waals surface area contributed by atoms with Crippen LogP contribution in [-0.4, -0.2) is 25.6 Å². The van der Waals surface area contributed by atoms with Crippen molar-refractivity contribution in [3.05, 3.63) is 65.7 Å². The Bertz CT molecular complexity index is 783. The molecule has 2 aromatic rings. The fourth-order valence-electron chi connectivity index (χ4n) is 1.71. The maximum Gasteiger partial charge on any atom is 0.276 e. The summed E-state index contributed by atoms with van der Waals surface area (Å²) < 4.78 is 24.3. The molecule has 7 heteroatoms. The van der Waals surface area contributed by atoms with Crippen molar-refractivity contribution in [2.75, 3.05) is 0 Å². The van der Waals surface area contributed by atoms with Crippen LogP contribution in [0.25, 0.3) is 0 Å². The van der Waals surface area contributed by atoms with E-state index in [1.165, 1.54) is 12.1 Å². The van der Waals surface area contributed by atoms with Crippen LogP contribution in [0.5, 0.6) is 0 Å². The van der Waals surface area contributed by atoms with Gasteiger partial charge in [0.15, 0.2) is 0 Å². The summed E-state index contributed by atoms with van der Waals surface area (Å²) in [7, 11) is -3.78. The SMILES string of the molecule is Cc1ccc(S(=O)(=O)N/N=C(/C=N/O)c2ccccc2)cc1. The van der Waals surface area contributed by atoms with Crippen molar-refractivity contribution in [3.63, 3.8) is 0 Å². The number of nitrogens with zero attached hydrogens (tertiary/aromatic N) is 2. The van der Waals surface area contributed by atoms with E-state index in [1.54, 1.807) is 36.4 Å². The molecule has 2 aromatic carbocycles. The van der Waals surface area contributed by atoms with Crippen molar-refractivity contribution in [1.82, 2.24) is 4.83 Å². The number of oxime groups is 1. The molecule has 0 radical (unpaired) electrons. The van der Waals surface area contributed by atoms with Gasteiger partial charge in [-0.15, -0.1) is 0 Å². The molecule has 0 spiro atoms. The van der Waals surface area contributed by atoms with Gasteiger partial charge in [-0.1, -0.05) is 53.2 Å². The third-order valence-corrected chi connectivity index (χ3v) is 4.09. The second-order valence-electron chi connectivity index (χ2n) is 4.52. The lowest BCUT2D eigenvalue weighted by Gasteiger charge is -2.05. The van der Waals surface area contributed by atoms with E-state index in [1.807, 2.05) is 13.0 Å². The summed E-state index contributed by atoms with van der Waals surface area (Å²) in [6, 6.07) is 15.2. The minimum Gasteiger partial charge on any atom is -0.411 e. The van der Waals surface area contributed by atoms with Crippen LogP contribution < -0.4 is 4.83 Å². The fraction of sp³-hybridized carbons (Fsp3) is 0.0667. The lowest BCUT2D eigenvalue weighted by atomic mass is 10.1. The van der Waals surface area contributed by atoms with Crippen molar-refractivity contribution in [2.24, 2.45) is 10.3 Å². The standard InChI is InChI=1S/C15H15N3O3S/c1-12-7-9-14(10-8-12)22(20,21)18-17-15(11-16-19)13-5-3-2-4-6-13/h2-11,18-19H,1H3/b16-11+,17-15-. The Hall–Kier alpha value is -2.67. The molecule has 0 atom stereocenters.